The van der Waals surface area contributed by atoms with Gasteiger partial charge < -0.3 is 10.1 Å². The largest absolute Gasteiger partial charge is 0.383 e. The van der Waals surface area contributed by atoms with Crippen LogP contribution in [0.5, 0.6) is 0 Å². The van der Waals surface area contributed by atoms with E-state index in [2.05, 4.69) is 21.2 Å². The van der Waals surface area contributed by atoms with Crippen molar-refractivity contribution in [2.24, 2.45) is 5.92 Å². The zero-order valence-electron chi connectivity index (χ0n) is 11.4. The van der Waals surface area contributed by atoms with Crippen LogP contribution < -0.4 is 5.32 Å². The Balaban J connectivity index is 2.39. The molecule has 0 aliphatic heterocycles. The van der Waals surface area contributed by atoms with Gasteiger partial charge in [-0.2, -0.15) is 0 Å². The van der Waals surface area contributed by atoms with Gasteiger partial charge >= 0.3 is 0 Å². The third kappa shape index (κ3) is 6.19. The number of hydrogen-bond acceptors (Lipinski definition) is 2. The minimum absolute atomic E-state index is 0.146. The van der Waals surface area contributed by atoms with E-state index in [4.69, 9.17) is 4.74 Å². The molecule has 0 radical (unpaired) electrons. The number of amides is 1. The number of methoxy groups -OCH3 is 1. The highest BCUT2D eigenvalue weighted by molar-refractivity contribution is 9.09. The molecule has 3 nitrogen and oxygen atoms in total. The molecule has 18 heavy (non-hydrogen) atoms. The lowest BCUT2D eigenvalue weighted by Crippen LogP contribution is -2.41. The van der Waals surface area contributed by atoms with Crippen molar-refractivity contribution in [1.82, 2.24) is 5.32 Å². The summed E-state index contributed by atoms with van der Waals surface area (Å²) in [5.41, 5.74) is 0. The number of rotatable bonds is 6. The molecule has 1 aliphatic rings. The summed E-state index contributed by atoms with van der Waals surface area (Å²) in [4.78, 5) is 12.2. The van der Waals surface area contributed by atoms with Crippen molar-refractivity contribution in [3.63, 3.8) is 0 Å². The van der Waals surface area contributed by atoms with Crippen LogP contribution in [0.15, 0.2) is 0 Å². The second-order valence-corrected chi connectivity index (χ2v) is 5.97. The molecule has 1 saturated carbocycles. The van der Waals surface area contributed by atoms with Gasteiger partial charge in [-0.3, -0.25) is 4.79 Å². The van der Waals surface area contributed by atoms with E-state index in [-0.39, 0.29) is 17.9 Å². The molecule has 1 fully saturated rings. The minimum atomic E-state index is 0.146. The first kappa shape index (κ1) is 16.0. The second-order valence-electron chi connectivity index (χ2n) is 5.18. The van der Waals surface area contributed by atoms with Crippen LogP contribution >= 0.6 is 15.9 Å². The summed E-state index contributed by atoms with van der Waals surface area (Å²) in [6.45, 7) is 0.601. The third-order valence-corrected chi connectivity index (χ3v) is 4.11. The fraction of sp³-hybridized carbons (Fsp3) is 0.929. The molecule has 0 aromatic carbocycles. The van der Waals surface area contributed by atoms with Gasteiger partial charge in [0.1, 0.15) is 0 Å². The molecule has 0 aromatic heterocycles. The Kier molecular flexibility index (Phi) is 8.68. The van der Waals surface area contributed by atoms with Gasteiger partial charge in [0.15, 0.2) is 0 Å². The number of nitrogens with one attached hydrogen (secondary N) is 1. The molecule has 1 rings (SSSR count). The molecule has 0 heterocycles. The van der Waals surface area contributed by atoms with Gasteiger partial charge in [0, 0.05) is 18.4 Å². The van der Waals surface area contributed by atoms with Gasteiger partial charge in [0.2, 0.25) is 5.91 Å². The first-order chi connectivity index (χ1) is 8.77. The maximum absolute atomic E-state index is 12.2. The molecule has 0 bridgehead atoms. The van der Waals surface area contributed by atoms with Crippen LogP contribution in [0.25, 0.3) is 0 Å². The zero-order valence-corrected chi connectivity index (χ0v) is 13.0. The Hall–Kier alpha value is -0.0900. The maximum Gasteiger partial charge on any atom is 0.223 e. The standard InChI is InChI=1S/C14H26BrNO2/c1-18-11-13(9-10-15)16-14(17)12-7-5-3-2-4-6-8-12/h12-13H,2-11H2,1H3,(H,16,17). The molecule has 1 amide bonds. The highest BCUT2D eigenvalue weighted by Gasteiger charge is 2.21. The maximum atomic E-state index is 12.2. The monoisotopic (exact) mass is 319 g/mol. The normalized spacial score (nSPS) is 19.9. The fourth-order valence-electron chi connectivity index (χ4n) is 2.57. The SMILES string of the molecule is COCC(CCBr)NC(=O)C1CCCCCCC1. The van der Waals surface area contributed by atoms with E-state index in [1.54, 1.807) is 7.11 Å². The molecule has 1 N–H and O–H groups in total. The van der Waals surface area contributed by atoms with Crippen LogP contribution in [-0.2, 0) is 9.53 Å². The van der Waals surface area contributed by atoms with Crippen LogP contribution in [0.1, 0.15) is 51.4 Å². The molecule has 0 saturated heterocycles. The Bertz CT molecular complexity index is 222. The molecule has 0 spiro atoms. The first-order valence-corrected chi connectivity index (χ1v) is 8.25. The summed E-state index contributed by atoms with van der Waals surface area (Å²) in [5, 5.41) is 4.04. The summed E-state index contributed by atoms with van der Waals surface area (Å²) in [6.07, 6.45) is 9.34. The smallest absolute Gasteiger partial charge is 0.223 e. The molecular formula is C14H26BrNO2. The van der Waals surface area contributed by atoms with Gasteiger partial charge in [0.05, 0.1) is 12.6 Å². The molecule has 1 aliphatic carbocycles. The van der Waals surface area contributed by atoms with Gasteiger partial charge in [-0.25, -0.2) is 0 Å². The van der Waals surface area contributed by atoms with Crippen LogP contribution in [0.4, 0.5) is 0 Å². The average Bonchev–Trinajstić information content (AvgIpc) is 2.28. The molecule has 106 valence electrons. The van der Waals surface area contributed by atoms with Crippen molar-refractivity contribution in [2.75, 3.05) is 19.0 Å². The lowest BCUT2D eigenvalue weighted by atomic mass is 9.90. The third-order valence-electron chi connectivity index (χ3n) is 3.65. The lowest BCUT2D eigenvalue weighted by molar-refractivity contribution is -0.126. The molecule has 1 unspecified atom stereocenters. The predicted octanol–water partition coefficient (Wildman–Crippen LogP) is 3.26. The van der Waals surface area contributed by atoms with Gasteiger partial charge in [0.25, 0.3) is 0 Å². The van der Waals surface area contributed by atoms with Crippen LogP contribution in [0.2, 0.25) is 0 Å². The van der Waals surface area contributed by atoms with Crippen molar-refractivity contribution >= 4 is 21.8 Å². The number of ether oxygens (including phenoxy) is 1. The van der Waals surface area contributed by atoms with Crippen molar-refractivity contribution in [1.29, 1.82) is 0 Å². The Morgan fingerprint density at radius 1 is 1.28 bits per heavy atom. The summed E-state index contributed by atoms with van der Waals surface area (Å²) >= 11 is 3.42. The van der Waals surface area contributed by atoms with E-state index in [1.165, 1.54) is 32.1 Å². The van der Waals surface area contributed by atoms with E-state index in [1.807, 2.05) is 0 Å². The number of carbonyl (C=O) groups is 1. The lowest BCUT2D eigenvalue weighted by Gasteiger charge is -2.23. The average molecular weight is 320 g/mol. The minimum Gasteiger partial charge on any atom is -0.383 e. The van der Waals surface area contributed by atoms with E-state index >= 15 is 0 Å². The number of alkyl halides is 1. The van der Waals surface area contributed by atoms with Gasteiger partial charge in [-0.1, -0.05) is 48.0 Å². The summed E-state index contributed by atoms with van der Waals surface area (Å²) in [6, 6.07) is 0.146. The quantitative estimate of drug-likeness (QED) is 0.763. The molecule has 4 heteroatoms. The number of carbonyl (C=O) groups excluding carboxylic acids is 1. The molecule has 1 atom stereocenters. The van der Waals surface area contributed by atoms with E-state index in [9.17, 15) is 4.79 Å². The highest BCUT2D eigenvalue weighted by atomic mass is 79.9. The fourth-order valence-corrected chi connectivity index (χ4v) is 3.12. The molecule has 0 aromatic rings. The Morgan fingerprint density at radius 2 is 1.89 bits per heavy atom. The number of hydrogen-bond donors (Lipinski definition) is 1. The van der Waals surface area contributed by atoms with Crippen molar-refractivity contribution in [2.45, 2.75) is 57.4 Å². The van der Waals surface area contributed by atoms with Crippen molar-refractivity contribution < 1.29 is 9.53 Å². The van der Waals surface area contributed by atoms with Crippen LogP contribution in [-0.4, -0.2) is 31.0 Å². The van der Waals surface area contributed by atoms with Crippen molar-refractivity contribution in [3.05, 3.63) is 0 Å². The Labute approximate surface area is 119 Å². The van der Waals surface area contributed by atoms with E-state index in [0.717, 1.165) is 24.6 Å². The number of halogens is 1. The predicted molar refractivity (Wildman–Crippen MR) is 78.0 cm³/mol. The zero-order chi connectivity index (χ0) is 13.2. The second kappa shape index (κ2) is 9.79. The van der Waals surface area contributed by atoms with Crippen LogP contribution in [0.3, 0.4) is 0 Å². The van der Waals surface area contributed by atoms with Gasteiger partial charge in [-0.05, 0) is 19.3 Å². The van der Waals surface area contributed by atoms with E-state index in [0.29, 0.717) is 6.61 Å². The summed E-state index contributed by atoms with van der Waals surface area (Å²) < 4.78 is 5.15. The first-order valence-electron chi connectivity index (χ1n) is 7.13. The van der Waals surface area contributed by atoms with E-state index < -0.39 is 0 Å². The highest BCUT2D eigenvalue weighted by Crippen LogP contribution is 2.22. The summed E-state index contributed by atoms with van der Waals surface area (Å²) in [7, 11) is 1.68. The Morgan fingerprint density at radius 3 is 2.44 bits per heavy atom. The topological polar surface area (TPSA) is 38.3 Å². The van der Waals surface area contributed by atoms with Crippen molar-refractivity contribution in [3.8, 4) is 0 Å². The summed E-state index contributed by atoms with van der Waals surface area (Å²) in [5.74, 6) is 0.458. The van der Waals surface area contributed by atoms with Gasteiger partial charge in [-0.15, -0.1) is 0 Å². The van der Waals surface area contributed by atoms with Crippen LogP contribution in [0, 0.1) is 5.92 Å². The molecular weight excluding hydrogens is 294 g/mol.